The molecule has 2 N–H and O–H groups in total. The molecule has 0 aliphatic rings. The Morgan fingerprint density at radius 3 is 2.92 bits per heavy atom. The van der Waals surface area contributed by atoms with Crippen LogP contribution >= 0.6 is 11.8 Å². The van der Waals surface area contributed by atoms with Gasteiger partial charge < -0.3 is 15.1 Å². The number of guanidine groups is 1. The molecule has 7 heteroatoms. The van der Waals surface area contributed by atoms with Crippen LogP contribution in [0.15, 0.2) is 34.0 Å². The average molecular weight is 350 g/mol. The highest BCUT2D eigenvalue weighted by molar-refractivity contribution is 7.98. The first kappa shape index (κ1) is 18.4. The van der Waals surface area contributed by atoms with Crippen LogP contribution < -0.4 is 10.6 Å². The van der Waals surface area contributed by atoms with E-state index in [0.717, 1.165) is 49.1 Å². The summed E-state index contributed by atoms with van der Waals surface area (Å²) in [6.07, 6.45) is 7.61. The fourth-order valence-electron chi connectivity index (χ4n) is 2.38. The molecule has 2 heterocycles. The maximum Gasteiger partial charge on any atom is 0.191 e. The fourth-order valence-corrected chi connectivity index (χ4v) is 2.69. The van der Waals surface area contributed by atoms with Crippen LogP contribution in [0.4, 0.5) is 0 Å². The van der Waals surface area contributed by atoms with Crippen molar-refractivity contribution in [2.45, 2.75) is 26.3 Å². The highest BCUT2D eigenvalue weighted by Gasteiger charge is 2.06. The molecule has 0 radical (unpaired) electrons. The van der Waals surface area contributed by atoms with Gasteiger partial charge in [-0.25, -0.2) is 4.99 Å². The summed E-state index contributed by atoms with van der Waals surface area (Å²) in [5.74, 6) is 2.86. The van der Waals surface area contributed by atoms with E-state index in [2.05, 4.69) is 28.9 Å². The zero-order chi connectivity index (χ0) is 17.2. The van der Waals surface area contributed by atoms with Crippen molar-refractivity contribution >= 4 is 17.7 Å². The Labute approximate surface area is 148 Å². The predicted molar refractivity (Wildman–Crippen MR) is 101 cm³/mol. The molecule has 2 rings (SSSR count). The summed E-state index contributed by atoms with van der Waals surface area (Å²) in [5.41, 5.74) is 2.29. The highest BCUT2D eigenvalue weighted by Crippen LogP contribution is 2.08. The average Bonchev–Trinajstić information content (AvgIpc) is 3.21. The SMILES string of the molecule is CCc1nn(C)cc1CN=C(NCCSC)NCCc1ccco1. The Kier molecular flexibility index (Phi) is 7.74. The first-order valence-electron chi connectivity index (χ1n) is 8.27. The van der Waals surface area contributed by atoms with E-state index in [4.69, 9.17) is 9.41 Å². The van der Waals surface area contributed by atoms with Gasteiger partial charge in [-0.1, -0.05) is 6.92 Å². The van der Waals surface area contributed by atoms with E-state index < -0.39 is 0 Å². The van der Waals surface area contributed by atoms with Crippen LogP contribution in [0.3, 0.4) is 0 Å². The first-order valence-corrected chi connectivity index (χ1v) is 9.67. The van der Waals surface area contributed by atoms with Crippen molar-refractivity contribution in [3.05, 3.63) is 41.6 Å². The van der Waals surface area contributed by atoms with Crippen molar-refractivity contribution in [1.29, 1.82) is 0 Å². The van der Waals surface area contributed by atoms with Gasteiger partial charge in [0, 0.05) is 44.1 Å². The van der Waals surface area contributed by atoms with Gasteiger partial charge in [0.15, 0.2) is 5.96 Å². The molecule has 0 spiro atoms. The Bertz CT molecular complexity index is 621. The highest BCUT2D eigenvalue weighted by atomic mass is 32.2. The molecule has 0 bridgehead atoms. The Morgan fingerprint density at radius 2 is 2.21 bits per heavy atom. The number of aryl methyl sites for hydroxylation is 2. The fraction of sp³-hybridized carbons (Fsp3) is 0.529. The van der Waals surface area contributed by atoms with Crippen LogP contribution in [0, 0.1) is 0 Å². The second-order valence-electron chi connectivity index (χ2n) is 5.47. The van der Waals surface area contributed by atoms with Gasteiger partial charge in [0.05, 0.1) is 18.5 Å². The maximum absolute atomic E-state index is 5.36. The minimum Gasteiger partial charge on any atom is -0.469 e. The molecular weight excluding hydrogens is 322 g/mol. The lowest BCUT2D eigenvalue weighted by Crippen LogP contribution is -2.39. The molecule has 0 aromatic carbocycles. The van der Waals surface area contributed by atoms with Crippen LogP contribution in [0.25, 0.3) is 0 Å². The van der Waals surface area contributed by atoms with Gasteiger partial charge in [-0.05, 0) is 24.8 Å². The summed E-state index contributed by atoms with van der Waals surface area (Å²) in [6.45, 7) is 4.43. The molecule has 2 aromatic heterocycles. The van der Waals surface area contributed by atoms with Crippen molar-refractivity contribution in [3.8, 4) is 0 Å². The molecule has 0 amide bonds. The molecule has 24 heavy (non-hydrogen) atoms. The topological polar surface area (TPSA) is 67.4 Å². The van der Waals surface area contributed by atoms with Crippen LogP contribution in [0.2, 0.25) is 0 Å². The van der Waals surface area contributed by atoms with Crippen LogP contribution in [-0.2, 0) is 26.4 Å². The van der Waals surface area contributed by atoms with Gasteiger partial charge in [0.2, 0.25) is 0 Å². The van der Waals surface area contributed by atoms with Gasteiger partial charge in [-0.15, -0.1) is 0 Å². The summed E-state index contributed by atoms with van der Waals surface area (Å²) in [4.78, 5) is 4.71. The van der Waals surface area contributed by atoms with E-state index in [-0.39, 0.29) is 0 Å². The van der Waals surface area contributed by atoms with E-state index in [9.17, 15) is 0 Å². The molecule has 0 aliphatic carbocycles. The molecule has 0 saturated heterocycles. The van der Waals surface area contributed by atoms with E-state index in [1.54, 1.807) is 6.26 Å². The van der Waals surface area contributed by atoms with Crippen molar-refractivity contribution in [3.63, 3.8) is 0 Å². The lowest BCUT2D eigenvalue weighted by Gasteiger charge is -2.11. The smallest absolute Gasteiger partial charge is 0.191 e. The second kappa shape index (κ2) is 10.1. The monoisotopic (exact) mass is 349 g/mol. The maximum atomic E-state index is 5.36. The third-order valence-electron chi connectivity index (χ3n) is 3.58. The van der Waals surface area contributed by atoms with Crippen molar-refractivity contribution < 1.29 is 4.42 Å². The van der Waals surface area contributed by atoms with E-state index in [1.165, 1.54) is 5.56 Å². The number of aromatic nitrogens is 2. The number of aliphatic imine (C=N–C) groups is 1. The second-order valence-corrected chi connectivity index (χ2v) is 6.45. The standard InChI is InChI=1S/C17H27N5OS/c1-4-16-14(13-22(2)21-16)12-20-17(19-9-11-24-3)18-8-7-15-6-5-10-23-15/h5-6,10,13H,4,7-9,11-12H2,1-3H3,(H2,18,19,20). The molecule has 0 aliphatic heterocycles. The summed E-state index contributed by atoms with van der Waals surface area (Å²) in [6, 6.07) is 3.90. The number of thioether (sulfide) groups is 1. The molecule has 2 aromatic rings. The summed E-state index contributed by atoms with van der Waals surface area (Å²) >= 11 is 1.82. The molecule has 132 valence electrons. The van der Waals surface area contributed by atoms with Gasteiger partial charge in [-0.3, -0.25) is 4.68 Å². The molecular formula is C17H27N5OS. The van der Waals surface area contributed by atoms with Crippen LogP contribution in [0.1, 0.15) is 23.9 Å². The summed E-state index contributed by atoms with van der Waals surface area (Å²) < 4.78 is 7.22. The Morgan fingerprint density at radius 1 is 1.38 bits per heavy atom. The number of nitrogens with zero attached hydrogens (tertiary/aromatic N) is 3. The van der Waals surface area contributed by atoms with Crippen molar-refractivity contribution in [2.24, 2.45) is 12.0 Å². The lowest BCUT2D eigenvalue weighted by molar-refractivity contribution is 0.507. The number of hydrogen-bond donors (Lipinski definition) is 2. The Balaban J connectivity index is 1.92. The van der Waals surface area contributed by atoms with E-state index >= 15 is 0 Å². The zero-order valence-corrected chi connectivity index (χ0v) is 15.5. The molecule has 0 atom stereocenters. The number of furan rings is 1. The number of nitrogens with one attached hydrogen (secondary N) is 2. The quantitative estimate of drug-likeness (QED) is 0.413. The minimum atomic E-state index is 0.631. The number of hydrogen-bond acceptors (Lipinski definition) is 4. The zero-order valence-electron chi connectivity index (χ0n) is 14.7. The van der Waals surface area contributed by atoms with Gasteiger partial charge in [-0.2, -0.15) is 16.9 Å². The lowest BCUT2D eigenvalue weighted by atomic mass is 10.2. The first-order chi connectivity index (χ1) is 11.7. The van der Waals surface area contributed by atoms with Gasteiger partial charge in [0.25, 0.3) is 0 Å². The van der Waals surface area contributed by atoms with E-state index in [0.29, 0.717) is 6.54 Å². The Hall–Kier alpha value is -1.89. The largest absolute Gasteiger partial charge is 0.469 e. The van der Waals surface area contributed by atoms with Crippen LogP contribution in [0.5, 0.6) is 0 Å². The van der Waals surface area contributed by atoms with E-state index in [1.807, 2.05) is 41.8 Å². The molecule has 0 unspecified atom stereocenters. The normalized spacial score (nSPS) is 11.7. The van der Waals surface area contributed by atoms with Gasteiger partial charge >= 0.3 is 0 Å². The predicted octanol–water partition coefficient (Wildman–Crippen LogP) is 2.22. The molecule has 6 nitrogen and oxygen atoms in total. The molecule has 0 saturated carbocycles. The van der Waals surface area contributed by atoms with Crippen molar-refractivity contribution in [2.75, 3.05) is 25.1 Å². The third kappa shape index (κ3) is 5.96. The number of rotatable bonds is 9. The summed E-state index contributed by atoms with van der Waals surface area (Å²) in [7, 11) is 1.95. The van der Waals surface area contributed by atoms with Crippen LogP contribution in [-0.4, -0.2) is 40.8 Å². The van der Waals surface area contributed by atoms with Gasteiger partial charge in [0.1, 0.15) is 5.76 Å². The summed E-state index contributed by atoms with van der Waals surface area (Å²) in [5, 5.41) is 11.2. The third-order valence-corrected chi connectivity index (χ3v) is 4.19. The van der Waals surface area contributed by atoms with Crippen molar-refractivity contribution in [1.82, 2.24) is 20.4 Å². The minimum absolute atomic E-state index is 0.631. The molecule has 0 fully saturated rings.